The Morgan fingerprint density at radius 2 is 1.90 bits per heavy atom. The number of carbonyl (C=O) groups excluding carboxylic acids is 3. The molecule has 1 saturated heterocycles. The highest BCUT2D eigenvalue weighted by Gasteiger charge is 2.37. The maximum absolute atomic E-state index is 12.6. The van der Waals surface area contributed by atoms with Crippen molar-refractivity contribution < 1.29 is 23.9 Å². The quantitative estimate of drug-likeness (QED) is 0.495. The number of hydrogen-bond donors (Lipinski definition) is 1. The molecule has 2 aromatic carbocycles. The first kappa shape index (κ1) is 22.7. The van der Waals surface area contributed by atoms with Gasteiger partial charge in [0.2, 0.25) is 5.91 Å². The summed E-state index contributed by atoms with van der Waals surface area (Å²) in [6.07, 6.45) is 0.995. The van der Waals surface area contributed by atoms with Crippen molar-refractivity contribution in [2.75, 3.05) is 29.6 Å². The highest BCUT2D eigenvalue weighted by atomic mass is 32.2. The molecule has 1 aliphatic rings. The van der Waals surface area contributed by atoms with Crippen molar-refractivity contribution in [3.63, 3.8) is 0 Å². The van der Waals surface area contributed by atoms with E-state index in [1.54, 1.807) is 35.2 Å². The number of nitrogens with zero attached hydrogens (tertiary/aromatic N) is 1. The zero-order chi connectivity index (χ0) is 22.4. The molecule has 2 aromatic rings. The molecule has 8 heteroatoms. The van der Waals surface area contributed by atoms with Gasteiger partial charge in [-0.2, -0.15) is 0 Å². The standard InChI is InChI=1S/C23H26N2O5S/c1-4-29-18-11-9-17(10-12-18)25-14-16(13-21(25)26)23(28)30-15(2)22(27)24-19-7-5-6-8-20(19)31-3/h5-12,15-16H,4,13-14H2,1-3H3,(H,24,27). The van der Waals surface area contributed by atoms with Crippen LogP contribution in [0.2, 0.25) is 0 Å². The molecular weight excluding hydrogens is 416 g/mol. The van der Waals surface area contributed by atoms with Gasteiger partial charge in [0.1, 0.15) is 5.75 Å². The summed E-state index contributed by atoms with van der Waals surface area (Å²) in [6.45, 7) is 4.20. The van der Waals surface area contributed by atoms with Gasteiger partial charge in [-0.05, 0) is 56.5 Å². The van der Waals surface area contributed by atoms with E-state index in [4.69, 9.17) is 9.47 Å². The molecule has 1 fully saturated rings. The van der Waals surface area contributed by atoms with Crippen molar-refractivity contribution in [3.8, 4) is 5.75 Å². The van der Waals surface area contributed by atoms with Crippen LogP contribution in [0.1, 0.15) is 20.3 Å². The van der Waals surface area contributed by atoms with Gasteiger partial charge in [0.25, 0.3) is 5.91 Å². The van der Waals surface area contributed by atoms with Gasteiger partial charge in [-0.3, -0.25) is 14.4 Å². The van der Waals surface area contributed by atoms with E-state index in [-0.39, 0.29) is 18.9 Å². The lowest BCUT2D eigenvalue weighted by Gasteiger charge is -2.18. The molecule has 0 saturated carbocycles. The van der Waals surface area contributed by atoms with Gasteiger partial charge in [0, 0.05) is 23.5 Å². The molecule has 1 aliphatic heterocycles. The number of rotatable bonds is 8. The minimum atomic E-state index is -0.975. The van der Waals surface area contributed by atoms with Crippen molar-refractivity contribution in [1.29, 1.82) is 0 Å². The molecule has 0 aliphatic carbocycles. The van der Waals surface area contributed by atoms with Crippen molar-refractivity contribution in [2.24, 2.45) is 5.92 Å². The normalized spacial score (nSPS) is 16.7. The number of amides is 2. The first-order valence-corrected chi connectivity index (χ1v) is 11.3. The van der Waals surface area contributed by atoms with Crippen LogP contribution >= 0.6 is 11.8 Å². The van der Waals surface area contributed by atoms with E-state index < -0.39 is 23.9 Å². The summed E-state index contributed by atoms with van der Waals surface area (Å²) < 4.78 is 10.8. The summed E-state index contributed by atoms with van der Waals surface area (Å²) in [4.78, 5) is 40.0. The average Bonchev–Trinajstić information content (AvgIpc) is 3.16. The molecule has 3 rings (SSSR count). The molecule has 164 valence electrons. The maximum atomic E-state index is 12.6. The zero-order valence-corrected chi connectivity index (χ0v) is 18.6. The number of nitrogens with one attached hydrogen (secondary N) is 1. The smallest absolute Gasteiger partial charge is 0.312 e. The fraction of sp³-hybridized carbons (Fsp3) is 0.348. The SMILES string of the molecule is CCOc1ccc(N2CC(C(=O)OC(C)C(=O)Nc3ccccc3SC)CC2=O)cc1. The number of carbonyl (C=O) groups is 3. The zero-order valence-electron chi connectivity index (χ0n) is 17.8. The Balaban J connectivity index is 1.57. The molecule has 31 heavy (non-hydrogen) atoms. The number of benzene rings is 2. The van der Waals surface area contributed by atoms with Crippen molar-refractivity contribution >= 4 is 40.9 Å². The number of hydrogen-bond acceptors (Lipinski definition) is 6. The van der Waals surface area contributed by atoms with Crippen LogP contribution in [0.4, 0.5) is 11.4 Å². The van der Waals surface area contributed by atoms with E-state index in [0.29, 0.717) is 18.0 Å². The van der Waals surface area contributed by atoms with E-state index in [0.717, 1.165) is 10.6 Å². The molecule has 2 unspecified atom stereocenters. The Morgan fingerprint density at radius 1 is 1.19 bits per heavy atom. The van der Waals surface area contributed by atoms with Crippen LogP contribution in [0, 0.1) is 5.92 Å². The molecule has 0 aromatic heterocycles. The van der Waals surface area contributed by atoms with Crippen LogP contribution in [-0.4, -0.2) is 43.3 Å². The van der Waals surface area contributed by atoms with Gasteiger partial charge in [-0.15, -0.1) is 11.8 Å². The van der Waals surface area contributed by atoms with Gasteiger partial charge in [0.15, 0.2) is 6.10 Å². The van der Waals surface area contributed by atoms with Crippen LogP contribution in [-0.2, 0) is 19.1 Å². The molecule has 0 spiro atoms. The second-order valence-electron chi connectivity index (χ2n) is 7.10. The maximum Gasteiger partial charge on any atom is 0.312 e. The molecule has 0 bridgehead atoms. The third-order valence-corrected chi connectivity index (χ3v) is 5.74. The number of para-hydroxylation sites is 1. The van der Waals surface area contributed by atoms with Crippen LogP contribution in [0.25, 0.3) is 0 Å². The monoisotopic (exact) mass is 442 g/mol. The lowest BCUT2D eigenvalue weighted by molar-refractivity contribution is -0.157. The van der Waals surface area contributed by atoms with Gasteiger partial charge in [0.05, 0.1) is 18.2 Å². The van der Waals surface area contributed by atoms with Gasteiger partial charge in [-0.1, -0.05) is 12.1 Å². The third kappa shape index (κ3) is 5.58. The van der Waals surface area contributed by atoms with E-state index in [1.807, 2.05) is 31.4 Å². The van der Waals surface area contributed by atoms with Crippen LogP contribution in [0.5, 0.6) is 5.75 Å². The first-order valence-electron chi connectivity index (χ1n) is 10.1. The second kappa shape index (κ2) is 10.3. The first-order chi connectivity index (χ1) is 14.9. The molecule has 1 heterocycles. The highest BCUT2D eigenvalue weighted by molar-refractivity contribution is 7.98. The Bertz CT molecular complexity index is 947. The second-order valence-corrected chi connectivity index (χ2v) is 7.95. The average molecular weight is 443 g/mol. The largest absolute Gasteiger partial charge is 0.494 e. The topological polar surface area (TPSA) is 84.9 Å². The molecule has 0 radical (unpaired) electrons. The number of esters is 1. The Kier molecular flexibility index (Phi) is 7.57. The van der Waals surface area contributed by atoms with E-state index >= 15 is 0 Å². The van der Waals surface area contributed by atoms with Crippen molar-refractivity contribution in [2.45, 2.75) is 31.3 Å². The summed E-state index contributed by atoms with van der Waals surface area (Å²) in [7, 11) is 0. The fourth-order valence-electron chi connectivity index (χ4n) is 3.31. The van der Waals surface area contributed by atoms with Crippen LogP contribution in [0.3, 0.4) is 0 Å². The van der Waals surface area contributed by atoms with Crippen molar-refractivity contribution in [3.05, 3.63) is 48.5 Å². The predicted molar refractivity (Wildman–Crippen MR) is 120 cm³/mol. The molecular formula is C23H26N2O5S. The molecule has 7 nitrogen and oxygen atoms in total. The molecule has 1 N–H and O–H groups in total. The lowest BCUT2D eigenvalue weighted by Crippen LogP contribution is -2.33. The summed E-state index contributed by atoms with van der Waals surface area (Å²) in [5, 5.41) is 2.79. The lowest BCUT2D eigenvalue weighted by atomic mass is 10.1. The molecule has 2 amide bonds. The fourth-order valence-corrected chi connectivity index (χ4v) is 3.86. The third-order valence-electron chi connectivity index (χ3n) is 4.94. The summed E-state index contributed by atoms with van der Waals surface area (Å²) in [6, 6.07) is 14.6. The Hall–Kier alpha value is -3.00. The molecule has 2 atom stereocenters. The van der Waals surface area contributed by atoms with Gasteiger partial charge in [-0.25, -0.2) is 0 Å². The summed E-state index contributed by atoms with van der Waals surface area (Å²) in [5.41, 5.74) is 1.36. The summed E-state index contributed by atoms with van der Waals surface area (Å²) >= 11 is 1.51. The van der Waals surface area contributed by atoms with E-state index in [9.17, 15) is 14.4 Å². The minimum absolute atomic E-state index is 0.0513. The van der Waals surface area contributed by atoms with Crippen molar-refractivity contribution in [1.82, 2.24) is 0 Å². The predicted octanol–water partition coefficient (Wildman–Crippen LogP) is 3.73. The number of anilines is 2. The van der Waals surface area contributed by atoms with Gasteiger partial charge >= 0.3 is 5.97 Å². The van der Waals surface area contributed by atoms with Crippen LogP contribution in [0.15, 0.2) is 53.4 Å². The Labute approximate surface area is 186 Å². The van der Waals surface area contributed by atoms with E-state index in [2.05, 4.69) is 5.32 Å². The Morgan fingerprint density at radius 3 is 2.58 bits per heavy atom. The number of ether oxygens (including phenoxy) is 2. The highest BCUT2D eigenvalue weighted by Crippen LogP contribution is 2.28. The minimum Gasteiger partial charge on any atom is -0.494 e. The van der Waals surface area contributed by atoms with Crippen LogP contribution < -0.4 is 15.0 Å². The summed E-state index contributed by atoms with van der Waals surface area (Å²) in [5.74, 6) is -1.02. The van der Waals surface area contributed by atoms with Gasteiger partial charge < -0.3 is 19.7 Å². The number of thioether (sulfide) groups is 1. The van der Waals surface area contributed by atoms with E-state index in [1.165, 1.54) is 18.7 Å².